The summed E-state index contributed by atoms with van der Waals surface area (Å²) in [6.45, 7) is 13.5. The van der Waals surface area contributed by atoms with Crippen LogP contribution in [-0.4, -0.2) is 24.9 Å². The molecule has 0 unspecified atom stereocenters. The Kier molecular flexibility index (Phi) is 8.64. The van der Waals surface area contributed by atoms with Crippen molar-refractivity contribution in [2.75, 3.05) is 18.4 Å². The number of nitrogens with one attached hydrogen (secondary N) is 2. The van der Waals surface area contributed by atoms with Crippen LogP contribution < -0.4 is 16.4 Å². The number of halogens is 1. The maximum Gasteiger partial charge on any atom is 0.255 e. The first-order chi connectivity index (χ1) is 13.4. The predicted octanol–water partition coefficient (Wildman–Crippen LogP) is 4.64. The third-order valence-corrected chi connectivity index (χ3v) is 4.78. The number of para-hydroxylation sites is 1. The Balaban J connectivity index is 0.00000450. The van der Waals surface area contributed by atoms with Crippen molar-refractivity contribution in [1.82, 2.24) is 5.32 Å². The Morgan fingerprint density at radius 3 is 1.90 bits per heavy atom. The molecule has 0 radical (unpaired) electrons. The molecule has 0 saturated heterocycles. The van der Waals surface area contributed by atoms with Gasteiger partial charge < -0.3 is 16.4 Å². The molecular formula is C24H34ClN3O2. The van der Waals surface area contributed by atoms with Gasteiger partial charge in [-0.3, -0.25) is 9.59 Å². The van der Waals surface area contributed by atoms with Crippen molar-refractivity contribution >= 4 is 29.9 Å². The number of hydrogen-bond donors (Lipinski definition) is 3. The first-order valence-electron chi connectivity index (χ1n) is 9.98. The maximum absolute atomic E-state index is 13.1. The van der Waals surface area contributed by atoms with Crippen LogP contribution in [0.15, 0.2) is 42.5 Å². The standard InChI is InChI=1S/C24H33N3O2.ClH/c1-23(2,3)17-13-16(14-18(15-17)24(4,5)6)21(28)27-20-10-8-7-9-19(20)22(29)26-12-11-25;/h7-10,13-15H,11-12,25H2,1-6H3,(H,26,29)(H,27,28);1H. The summed E-state index contributed by atoms with van der Waals surface area (Å²) in [6.07, 6.45) is 0. The zero-order valence-electron chi connectivity index (χ0n) is 18.8. The van der Waals surface area contributed by atoms with E-state index in [1.807, 2.05) is 12.1 Å². The highest BCUT2D eigenvalue weighted by molar-refractivity contribution is 6.09. The molecule has 0 heterocycles. The van der Waals surface area contributed by atoms with E-state index < -0.39 is 0 Å². The number of carbonyl (C=O) groups excluding carboxylic acids is 2. The van der Waals surface area contributed by atoms with E-state index in [2.05, 4.69) is 58.2 Å². The van der Waals surface area contributed by atoms with Crippen LogP contribution in [0.3, 0.4) is 0 Å². The average molecular weight is 432 g/mol. The molecule has 0 spiro atoms. The van der Waals surface area contributed by atoms with Gasteiger partial charge in [0.1, 0.15) is 0 Å². The van der Waals surface area contributed by atoms with Gasteiger partial charge in [-0.1, -0.05) is 59.7 Å². The first-order valence-corrected chi connectivity index (χ1v) is 9.98. The molecule has 0 bridgehead atoms. The number of anilines is 1. The topological polar surface area (TPSA) is 84.2 Å². The van der Waals surface area contributed by atoms with Gasteiger partial charge in [0.25, 0.3) is 11.8 Å². The van der Waals surface area contributed by atoms with Crippen molar-refractivity contribution in [2.45, 2.75) is 52.4 Å². The quantitative estimate of drug-likeness (QED) is 0.644. The van der Waals surface area contributed by atoms with E-state index in [0.29, 0.717) is 29.9 Å². The van der Waals surface area contributed by atoms with E-state index in [0.717, 1.165) is 11.1 Å². The van der Waals surface area contributed by atoms with Gasteiger partial charge in [0.2, 0.25) is 0 Å². The lowest BCUT2D eigenvalue weighted by molar-refractivity contribution is 0.0955. The van der Waals surface area contributed by atoms with Crippen molar-refractivity contribution in [3.05, 3.63) is 64.7 Å². The van der Waals surface area contributed by atoms with Gasteiger partial charge in [-0.15, -0.1) is 12.4 Å². The number of rotatable bonds is 5. The van der Waals surface area contributed by atoms with Crippen LogP contribution in [0.25, 0.3) is 0 Å². The van der Waals surface area contributed by atoms with E-state index in [9.17, 15) is 9.59 Å². The molecule has 2 aromatic carbocycles. The zero-order valence-corrected chi connectivity index (χ0v) is 19.6. The van der Waals surface area contributed by atoms with E-state index in [-0.39, 0.29) is 35.1 Å². The van der Waals surface area contributed by atoms with E-state index in [1.54, 1.807) is 24.3 Å². The monoisotopic (exact) mass is 431 g/mol. The minimum absolute atomic E-state index is 0. The van der Waals surface area contributed by atoms with Crippen LogP contribution in [0.5, 0.6) is 0 Å². The molecule has 164 valence electrons. The fraction of sp³-hybridized carbons (Fsp3) is 0.417. The molecule has 6 heteroatoms. The molecule has 0 saturated carbocycles. The van der Waals surface area contributed by atoms with Gasteiger partial charge in [-0.05, 0) is 46.2 Å². The third-order valence-electron chi connectivity index (χ3n) is 4.78. The highest BCUT2D eigenvalue weighted by atomic mass is 35.5. The smallest absolute Gasteiger partial charge is 0.255 e. The summed E-state index contributed by atoms with van der Waals surface area (Å²) in [5.74, 6) is -0.495. The first kappa shape index (κ1) is 25.7. The van der Waals surface area contributed by atoms with Gasteiger partial charge in [-0.2, -0.15) is 0 Å². The Hall–Kier alpha value is -2.37. The summed E-state index contributed by atoms with van der Waals surface area (Å²) < 4.78 is 0. The lowest BCUT2D eigenvalue weighted by Gasteiger charge is -2.26. The van der Waals surface area contributed by atoms with Gasteiger partial charge in [0.15, 0.2) is 0 Å². The van der Waals surface area contributed by atoms with Crippen LogP contribution >= 0.6 is 12.4 Å². The summed E-state index contributed by atoms with van der Waals surface area (Å²) in [7, 11) is 0. The number of nitrogens with two attached hydrogens (primary N) is 1. The van der Waals surface area contributed by atoms with Crippen LogP contribution in [-0.2, 0) is 10.8 Å². The fourth-order valence-electron chi connectivity index (χ4n) is 2.89. The van der Waals surface area contributed by atoms with E-state index >= 15 is 0 Å². The van der Waals surface area contributed by atoms with Crippen molar-refractivity contribution in [1.29, 1.82) is 0 Å². The molecular weight excluding hydrogens is 398 g/mol. The minimum Gasteiger partial charge on any atom is -0.351 e. The maximum atomic E-state index is 13.1. The van der Waals surface area contributed by atoms with Crippen LogP contribution in [0.1, 0.15) is 73.4 Å². The highest BCUT2D eigenvalue weighted by Gasteiger charge is 2.23. The highest BCUT2D eigenvalue weighted by Crippen LogP contribution is 2.30. The number of carbonyl (C=O) groups is 2. The summed E-state index contributed by atoms with van der Waals surface area (Å²) in [5.41, 5.74) is 8.97. The second-order valence-corrected chi connectivity index (χ2v) is 9.34. The predicted molar refractivity (Wildman–Crippen MR) is 127 cm³/mol. The SMILES string of the molecule is CC(C)(C)c1cc(C(=O)Nc2ccccc2C(=O)NCCN)cc(C(C)(C)C)c1.Cl. The molecule has 2 amide bonds. The Labute approximate surface area is 186 Å². The van der Waals surface area contributed by atoms with Gasteiger partial charge in [0.05, 0.1) is 11.3 Å². The summed E-state index contributed by atoms with van der Waals surface area (Å²) in [6, 6.07) is 13.0. The second kappa shape index (κ2) is 10.1. The molecule has 4 N–H and O–H groups in total. The van der Waals surface area contributed by atoms with Crippen LogP contribution in [0.4, 0.5) is 5.69 Å². The van der Waals surface area contributed by atoms with Crippen LogP contribution in [0, 0.1) is 0 Å². The van der Waals surface area contributed by atoms with Crippen molar-refractivity contribution in [3.8, 4) is 0 Å². The third kappa shape index (κ3) is 6.57. The molecule has 0 atom stereocenters. The summed E-state index contributed by atoms with van der Waals surface area (Å²) >= 11 is 0. The Morgan fingerprint density at radius 2 is 1.40 bits per heavy atom. The van der Waals surface area contributed by atoms with Gasteiger partial charge in [-0.25, -0.2) is 0 Å². The van der Waals surface area contributed by atoms with Crippen molar-refractivity contribution < 1.29 is 9.59 Å². The number of hydrogen-bond acceptors (Lipinski definition) is 3. The van der Waals surface area contributed by atoms with E-state index in [4.69, 9.17) is 5.73 Å². The number of amides is 2. The normalized spacial score (nSPS) is 11.4. The molecule has 30 heavy (non-hydrogen) atoms. The second-order valence-electron chi connectivity index (χ2n) is 9.34. The minimum atomic E-state index is -0.259. The lowest BCUT2D eigenvalue weighted by Crippen LogP contribution is -2.30. The molecule has 0 fully saturated rings. The summed E-state index contributed by atoms with van der Waals surface area (Å²) in [4.78, 5) is 25.5. The average Bonchev–Trinajstić information content (AvgIpc) is 2.64. The van der Waals surface area contributed by atoms with Crippen molar-refractivity contribution in [2.24, 2.45) is 5.73 Å². The van der Waals surface area contributed by atoms with Crippen LogP contribution in [0.2, 0.25) is 0 Å². The van der Waals surface area contributed by atoms with Gasteiger partial charge >= 0.3 is 0 Å². The molecule has 0 aromatic heterocycles. The number of benzene rings is 2. The lowest BCUT2D eigenvalue weighted by atomic mass is 9.79. The van der Waals surface area contributed by atoms with Gasteiger partial charge in [0, 0.05) is 18.7 Å². The molecule has 0 aliphatic carbocycles. The molecule has 5 nitrogen and oxygen atoms in total. The largest absolute Gasteiger partial charge is 0.351 e. The van der Waals surface area contributed by atoms with Crippen molar-refractivity contribution in [3.63, 3.8) is 0 Å². The molecule has 2 aromatic rings. The zero-order chi connectivity index (χ0) is 21.8. The molecule has 2 rings (SSSR count). The Morgan fingerprint density at radius 1 is 0.867 bits per heavy atom. The summed E-state index contributed by atoms with van der Waals surface area (Å²) in [5, 5.41) is 5.66. The Bertz CT molecular complexity index is 864. The molecule has 0 aliphatic heterocycles. The molecule has 0 aliphatic rings. The fourth-order valence-corrected chi connectivity index (χ4v) is 2.89. The van der Waals surface area contributed by atoms with E-state index in [1.165, 1.54) is 0 Å².